The van der Waals surface area contributed by atoms with E-state index in [4.69, 9.17) is 5.73 Å². The molecule has 0 aliphatic carbocycles. The third-order valence-electron chi connectivity index (χ3n) is 3.15. The number of halogens is 1. The lowest BCUT2D eigenvalue weighted by atomic mass is 10.1. The minimum Gasteiger partial charge on any atom is -0.363 e. The summed E-state index contributed by atoms with van der Waals surface area (Å²) in [4.78, 5) is 4.36. The molecule has 1 aromatic carbocycles. The molecular weight excluding hydrogens is 302 g/mol. The molecule has 1 unspecified atom stereocenters. The number of pyridine rings is 1. The number of hydrogen-bond acceptors (Lipinski definition) is 3. The fraction of sp³-hybridized carbons (Fsp3) is 0.267. The van der Waals surface area contributed by atoms with Gasteiger partial charge in [0.05, 0.1) is 4.47 Å². The first-order chi connectivity index (χ1) is 9.11. The Bertz CT molecular complexity index is 552. The number of aromatic nitrogens is 1. The van der Waals surface area contributed by atoms with Crippen molar-refractivity contribution in [3.8, 4) is 0 Å². The van der Waals surface area contributed by atoms with Gasteiger partial charge in [-0.15, -0.1) is 0 Å². The van der Waals surface area contributed by atoms with Crippen LogP contribution in [0.4, 0.5) is 5.82 Å². The summed E-state index contributed by atoms with van der Waals surface area (Å²) in [6.07, 6.45) is 1.81. The monoisotopic (exact) mass is 319 g/mol. The zero-order chi connectivity index (χ0) is 13.8. The van der Waals surface area contributed by atoms with E-state index in [2.05, 4.69) is 64.3 Å². The largest absolute Gasteiger partial charge is 0.363 e. The van der Waals surface area contributed by atoms with Crippen molar-refractivity contribution in [3.63, 3.8) is 0 Å². The predicted octanol–water partition coefficient (Wildman–Crippen LogP) is 3.78. The van der Waals surface area contributed by atoms with Crippen molar-refractivity contribution in [1.82, 2.24) is 4.98 Å². The van der Waals surface area contributed by atoms with E-state index in [1.54, 1.807) is 0 Å². The van der Waals surface area contributed by atoms with Crippen molar-refractivity contribution in [2.24, 2.45) is 5.73 Å². The first kappa shape index (κ1) is 14.0. The molecule has 0 radical (unpaired) electrons. The number of nitrogens with two attached hydrogens (primary N) is 1. The Morgan fingerprint density at radius 3 is 2.58 bits per heavy atom. The predicted molar refractivity (Wildman–Crippen MR) is 83.0 cm³/mol. The standard InChI is InChI=1S/C15H18BrN3/c1-10-7-8-18-15(14(10)16)19-11(2)13-5-3-12(9-17)4-6-13/h3-8,11H,9,17H2,1-2H3,(H,18,19). The number of rotatable bonds is 4. The van der Waals surface area contributed by atoms with E-state index >= 15 is 0 Å². The third kappa shape index (κ3) is 3.33. The summed E-state index contributed by atoms with van der Waals surface area (Å²) in [7, 11) is 0. The summed E-state index contributed by atoms with van der Waals surface area (Å²) in [6.45, 7) is 4.75. The van der Waals surface area contributed by atoms with Gasteiger partial charge in [0.15, 0.2) is 0 Å². The Kier molecular flexibility index (Phi) is 4.56. The Balaban J connectivity index is 2.15. The van der Waals surface area contributed by atoms with Crippen molar-refractivity contribution < 1.29 is 0 Å². The summed E-state index contributed by atoms with van der Waals surface area (Å²) in [5.74, 6) is 0.871. The number of hydrogen-bond donors (Lipinski definition) is 2. The normalized spacial score (nSPS) is 12.2. The van der Waals surface area contributed by atoms with E-state index in [0.717, 1.165) is 15.9 Å². The molecule has 2 aromatic rings. The van der Waals surface area contributed by atoms with Gasteiger partial charge in [-0.1, -0.05) is 24.3 Å². The van der Waals surface area contributed by atoms with Gasteiger partial charge in [-0.25, -0.2) is 4.98 Å². The maximum Gasteiger partial charge on any atom is 0.141 e. The van der Waals surface area contributed by atoms with Crippen molar-refractivity contribution in [2.75, 3.05) is 5.32 Å². The topological polar surface area (TPSA) is 50.9 Å². The lowest BCUT2D eigenvalue weighted by molar-refractivity contribution is 0.870. The molecule has 3 N–H and O–H groups in total. The SMILES string of the molecule is Cc1ccnc(NC(C)c2ccc(CN)cc2)c1Br. The summed E-state index contributed by atoms with van der Waals surface area (Å²) in [5.41, 5.74) is 9.13. The molecule has 0 spiro atoms. The fourth-order valence-electron chi connectivity index (χ4n) is 1.87. The minimum atomic E-state index is 0.192. The minimum absolute atomic E-state index is 0.192. The van der Waals surface area contributed by atoms with E-state index < -0.39 is 0 Å². The molecule has 0 amide bonds. The number of anilines is 1. The van der Waals surface area contributed by atoms with Crippen LogP contribution < -0.4 is 11.1 Å². The van der Waals surface area contributed by atoms with Gasteiger partial charge < -0.3 is 11.1 Å². The summed E-state index contributed by atoms with van der Waals surface area (Å²) < 4.78 is 1.01. The first-order valence-electron chi connectivity index (χ1n) is 6.28. The molecule has 19 heavy (non-hydrogen) atoms. The second-order valence-electron chi connectivity index (χ2n) is 4.60. The van der Waals surface area contributed by atoms with Crippen LogP contribution in [0.1, 0.15) is 29.7 Å². The van der Waals surface area contributed by atoms with Gasteiger partial charge in [-0.2, -0.15) is 0 Å². The molecule has 1 heterocycles. The average molecular weight is 320 g/mol. The van der Waals surface area contributed by atoms with Crippen LogP contribution in [0, 0.1) is 6.92 Å². The highest BCUT2D eigenvalue weighted by molar-refractivity contribution is 9.10. The van der Waals surface area contributed by atoms with Gasteiger partial charge in [-0.05, 0) is 52.5 Å². The number of nitrogens with zero attached hydrogens (tertiary/aromatic N) is 1. The van der Waals surface area contributed by atoms with Gasteiger partial charge >= 0.3 is 0 Å². The van der Waals surface area contributed by atoms with Crippen LogP contribution in [0.15, 0.2) is 41.0 Å². The molecule has 0 aliphatic heterocycles. The van der Waals surface area contributed by atoms with E-state index in [1.807, 2.05) is 12.3 Å². The van der Waals surface area contributed by atoms with Crippen LogP contribution in [0.5, 0.6) is 0 Å². The van der Waals surface area contributed by atoms with E-state index in [0.29, 0.717) is 6.54 Å². The van der Waals surface area contributed by atoms with Gasteiger partial charge in [0.2, 0.25) is 0 Å². The van der Waals surface area contributed by atoms with Crippen LogP contribution in [-0.4, -0.2) is 4.98 Å². The van der Waals surface area contributed by atoms with Gasteiger partial charge in [0.25, 0.3) is 0 Å². The highest BCUT2D eigenvalue weighted by Gasteiger charge is 2.09. The average Bonchev–Trinajstić information content (AvgIpc) is 2.44. The van der Waals surface area contributed by atoms with E-state index in [9.17, 15) is 0 Å². The third-order valence-corrected chi connectivity index (χ3v) is 4.15. The molecule has 0 bridgehead atoms. The second-order valence-corrected chi connectivity index (χ2v) is 5.40. The quantitative estimate of drug-likeness (QED) is 0.901. The van der Waals surface area contributed by atoms with Crippen LogP contribution in [0.25, 0.3) is 0 Å². The molecule has 0 fully saturated rings. The van der Waals surface area contributed by atoms with Gasteiger partial charge in [0.1, 0.15) is 5.82 Å². The van der Waals surface area contributed by atoms with Gasteiger partial charge in [0, 0.05) is 18.8 Å². The molecule has 1 aromatic heterocycles. The Morgan fingerprint density at radius 2 is 1.95 bits per heavy atom. The van der Waals surface area contributed by atoms with Crippen molar-refractivity contribution in [3.05, 3.63) is 57.7 Å². The molecule has 0 saturated carbocycles. The van der Waals surface area contributed by atoms with Crippen molar-refractivity contribution in [2.45, 2.75) is 26.4 Å². The van der Waals surface area contributed by atoms with Crippen molar-refractivity contribution in [1.29, 1.82) is 0 Å². The van der Waals surface area contributed by atoms with Crippen LogP contribution in [0.2, 0.25) is 0 Å². The number of aryl methyl sites for hydroxylation is 1. The van der Waals surface area contributed by atoms with Crippen LogP contribution >= 0.6 is 15.9 Å². The lowest BCUT2D eigenvalue weighted by Crippen LogP contribution is -2.09. The second kappa shape index (κ2) is 6.17. The highest BCUT2D eigenvalue weighted by atomic mass is 79.9. The smallest absolute Gasteiger partial charge is 0.141 e. The van der Waals surface area contributed by atoms with E-state index in [1.165, 1.54) is 11.1 Å². The molecule has 2 rings (SSSR count). The highest BCUT2D eigenvalue weighted by Crippen LogP contribution is 2.27. The Morgan fingerprint density at radius 1 is 1.26 bits per heavy atom. The van der Waals surface area contributed by atoms with Crippen molar-refractivity contribution >= 4 is 21.7 Å². The van der Waals surface area contributed by atoms with Crippen LogP contribution in [0.3, 0.4) is 0 Å². The Hall–Kier alpha value is -1.39. The lowest BCUT2D eigenvalue weighted by Gasteiger charge is -2.17. The van der Waals surface area contributed by atoms with Gasteiger partial charge in [-0.3, -0.25) is 0 Å². The fourth-order valence-corrected chi connectivity index (χ4v) is 2.22. The zero-order valence-corrected chi connectivity index (χ0v) is 12.7. The number of nitrogens with one attached hydrogen (secondary N) is 1. The van der Waals surface area contributed by atoms with E-state index in [-0.39, 0.29) is 6.04 Å². The molecule has 3 nitrogen and oxygen atoms in total. The molecule has 4 heteroatoms. The maximum atomic E-state index is 5.60. The zero-order valence-electron chi connectivity index (χ0n) is 11.2. The maximum absolute atomic E-state index is 5.60. The first-order valence-corrected chi connectivity index (χ1v) is 7.07. The summed E-state index contributed by atoms with van der Waals surface area (Å²) in [6, 6.07) is 10.5. The number of benzene rings is 1. The summed E-state index contributed by atoms with van der Waals surface area (Å²) in [5, 5.41) is 3.42. The molecule has 100 valence electrons. The summed E-state index contributed by atoms with van der Waals surface area (Å²) >= 11 is 3.56. The molecular formula is C15H18BrN3. The molecule has 0 saturated heterocycles. The molecule has 1 atom stereocenters. The molecule has 0 aliphatic rings. The van der Waals surface area contributed by atoms with Crippen LogP contribution in [-0.2, 0) is 6.54 Å². The Labute approximate surface area is 122 Å².